The van der Waals surface area contributed by atoms with E-state index in [1.54, 1.807) is 36.7 Å². The van der Waals surface area contributed by atoms with E-state index in [4.69, 9.17) is 5.11 Å². The molecule has 0 aliphatic rings. The van der Waals surface area contributed by atoms with Crippen molar-refractivity contribution in [2.24, 2.45) is 0 Å². The molecule has 0 bridgehead atoms. The number of aromatic nitrogens is 1. The molecule has 0 atom stereocenters. The SMILES string of the molecule is Cc1ccncc1Nc1ccccc1C(=O)O. The lowest BCUT2D eigenvalue weighted by Crippen LogP contribution is -2.03. The fourth-order valence-electron chi connectivity index (χ4n) is 1.52. The van der Waals surface area contributed by atoms with Gasteiger partial charge in [0.15, 0.2) is 0 Å². The molecule has 1 aromatic heterocycles. The molecule has 4 nitrogen and oxygen atoms in total. The molecule has 0 saturated heterocycles. The first-order chi connectivity index (χ1) is 8.18. The number of nitrogens with one attached hydrogen (secondary N) is 1. The van der Waals surface area contributed by atoms with E-state index in [2.05, 4.69) is 10.3 Å². The Labute approximate surface area is 98.9 Å². The molecule has 86 valence electrons. The lowest BCUT2D eigenvalue weighted by molar-refractivity contribution is 0.0698. The van der Waals surface area contributed by atoms with E-state index in [0.717, 1.165) is 11.3 Å². The van der Waals surface area contributed by atoms with Crippen LogP contribution in [0.5, 0.6) is 0 Å². The molecule has 0 amide bonds. The van der Waals surface area contributed by atoms with E-state index < -0.39 is 5.97 Å². The molecule has 0 radical (unpaired) electrons. The average Bonchev–Trinajstić information content (AvgIpc) is 2.32. The average molecular weight is 228 g/mol. The smallest absolute Gasteiger partial charge is 0.337 e. The molecule has 0 saturated carbocycles. The zero-order valence-corrected chi connectivity index (χ0v) is 9.34. The summed E-state index contributed by atoms with van der Waals surface area (Å²) >= 11 is 0. The van der Waals surface area contributed by atoms with Crippen molar-refractivity contribution in [1.82, 2.24) is 4.98 Å². The fourth-order valence-corrected chi connectivity index (χ4v) is 1.52. The van der Waals surface area contributed by atoms with Gasteiger partial charge in [0.05, 0.1) is 23.1 Å². The molecule has 0 aliphatic heterocycles. The van der Waals surface area contributed by atoms with Gasteiger partial charge in [-0.2, -0.15) is 0 Å². The molecule has 0 unspecified atom stereocenters. The van der Waals surface area contributed by atoms with E-state index in [-0.39, 0.29) is 5.56 Å². The number of pyridine rings is 1. The summed E-state index contributed by atoms with van der Waals surface area (Å²) < 4.78 is 0. The van der Waals surface area contributed by atoms with Crippen LogP contribution < -0.4 is 5.32 Å². The third-order valence-corrected chi connectivity index (χ3v) is 2.47. The Morgan fingerprint density at radius 3 is 2.71 bits per heavy atom. The summed E-state index contributed by atoms with van der Waals surface area (Å²) in [5.41, 5.74) is 2.63. The maximum atomic E-state index is 11.0. The number of anilines is 2. The Morgan fingerprint density at radius 1 is 1.24 bits per heavy atom. The number of carboxylic acid groups (broad SMARTS) is 1. The summed E-state index contributed by atoms with van der Waals surface area (Å²) in [7, 11) is 0. The predicted molar refractivity (Wildman–Crippen MR) is 65.7 cm³/mol. The van der Waals surface area contributed by atoms with Crippen LogP contribution in [0.1, 0.15) is 15.9 Å². The van der Waals surface area contributed by atoms with Crippen LogP contribution in [0.2, 0.25) is 0 Å². The molecule has 1 heterocycles. The van der Waals surface area contributed by atoms with Crippen LogP contribution in [-0.4, -0.2) is 16.1 Å². The molecule has 1 aromatic carbocycles. The van der Waals surface area contributed by atoms with Crippen molar-refractivity contribution in [1.29, 1.82) is 0 Å². The molecule has 0 fully saturated rings. The highest BCUT2D eigenvalue weighted by molar-refractivity contribution is 5.95. The Kier molecular flexibility index (Phi) is 3.05. The molecule has 17 heavy (non-hydrogen) atoms. The van der Waals surface area contributed by atoms with Gasteiger partial charge in [0, 0.05) is 6.20 Å². The summed E-state index contributed by atoms with van der Waals surface area (Å²) in [5.74, 6) is -0.949. The summed E-state index contributed by atoms with van der Waals surface area (Å²) in [6, 6.07) is 8.66. The lowest BCUT2D eigenvalue weighted by Gasteiger charge is -2.10. The van der Waals surface area contributed by atoms with Crippen LogP contribution in [0.4, 0.5) is 11.4 Å². The largest absolute Gasteiger partial charge is 0.478 e. The van der Waals surface area contributed by atoms with Gasteiger partial charge in [0.25, 0.3) is 0 Å². The van der Waals surface area contributed by atoms with Gasteiger partial charge in [0.2, 0.25) is 0 Å². The second-order valence-corrected chi connectivity index (χ2v) is 3.67. The fraction of sp³-hybridized carbons (Fsp3) is 0.0769. The number of hydrogen-bond donors (Lipinski definition) is 2. The summed E-state index contributed by atoms with van der Waals surface area (Å²) in [5, 5.41) is 12.1. The molecule has 0 spiro atoms. The number of nitrogens with zero attached hydrogens (tertiary/aromatic N) is 1. The molecule has 2 aromatic rings. The van der Waals surface area contributed by atoms with Gasteiger partial charge >= 0.3 is 5.97 Å². The quantitative estimate of drug-likeness (QED) is 0.847. The minimum atomic E-state index is -0.949. The van der Waals surface area contributed by atoms with E-state index in [1.807, 2.05) is 13.0 Å². The normalized spacial score (nSPS) is 9.94. The molecular weight excluding hydrogens is 216 g/mol. The molecule has 0 aliphatic carbocycles. The summed E-state index contributed by atoms with van der Waals surface area (Å²) in [4.78, 5) is 15.0. The van der Waals surface area contributed by atoms with Crippen LogP contribution in [0.3, 0.4) is 0 Å². The van der Waals surface area contributed by atoms with Crippen molar-refractivity contribution < 1.29 is 9.90 Å². The zero-order valence-electron chi connectivity index (χ0n) is 9.34. The lowest BCUT2D eigenvalue weighted by atomic mass is 10.1. The highest BCUT2D eigenvalue weighted by atomic mass is 16.4. The van der Waals surface area contributed by atoms with Crippen molar-refractivity contribution in [2.75, 3.05) is 5.32 Å². The molecule has 2 rings (SSSR count). The topological polar surface area (TPSA) is 62.2 Å². The number of rotatable bonds is 3. The van der Waals surface area contributed by atoms with Gasteiger partial charge in [-0.25, -0.2) is 4.79 Å². The van der Waals surface area contributed by atoms with Crippen molar-refractivity contribution in [2.45, 2.75) is 6.92 Å². The second-order valence-electron chi connectivity index (χ2n) is 3.67. The monoisotopic (exact) mass is 228 g/mol. The first-order valence-corrected chi connectivity index (χ1v) is 5.18. The van der Waals surface area contributed by atoms with Crippen molar-refractivity contribution in [3.8, 4) is 0 Å². The molecular formula is C13H12N2O2. The Balaban J connectivity index is 2.37. The third-order valence-electron chi connectivity index (χ3n) is 2.47. The number of para-hydroxylation sites is 1. The Bertz CT molecular complexity index is 553. The zero-order chi connectivity index (χ0) is 12.3. The number of benzene rings is 1. The number of aryl methyl sites for hydroxylation is 1. The molecule has 2 N–H and O–H groups in total. The Morgan fingerprint density at radius 2 is 2.00 bits per heavy atom. The maximum Gasteiger partial charge on any atom is 0.337 e. The van der Waals surface area contributed by atoms with Crippen molar-refractivity contribution in [3.63, 3.8) is 0 Å². The van der Waals surface area contributed by atoms with Crippen molar-refractivity contribution in [3.05, 3.63) is 53.9 Å². The minimum absolute atomic E-state index is 0.246. The molecule has 4 heteroatoms. The number of carbonyl (C=O) groups is 1. The maximum absolute atomic E-state index is 11.0. The summed E-state index contributed by atoms with van der Waals surface area (Å²) in [6.45, 7) is 1.94. The van der Waals surface area contributed by atoms with Gasteiger partial charge in [-0.3, -0.25) is 4.98 Å². The summed E-state index contributed by atoms with van der Waals surface area (Å²) in [6.07, 6.45) is 3.37. The first-order valence-electron chi connectivity index (χ1n) is 5.18. The standard InChI is InChI=1S/C13H12N2O2/c1-9-6-7-14-8-12(9)15-11-5-3-2-4-10(11)13(16)17/h2-8,15H,1H3,(H,16,17). The van der Waals surface area contributed by atoms with Gasteiger partial charge in [-0.15, -0.1) is 0 Å². The van der Waals surface area contributed by atoms with Crippen LogP contribution in [0.15, 0.2) is 42.7 Å². The predicted octanol–water partition coefficient (Wildman–Crippen LogP) is 2.83. The number of carboxylic acids is 1. The van der Waals surface area contributed by atoms with Crippen LogP contribution >= 0.6 is 0 Å². The highest BCUT2D eigenvalue weighted by Gasteiger charge is 2.09. The minimum Gasteiger partial charge on any atom is -0.478 e. The highest BCUT2D eigenvalue weighted by Crippen LogP contribution is 2.22. The van der Waals surface area contributed by atoms with Crippen LogP contribution in [0, 0.1) is 6.92 Å². The second kappa shape index (κ2) is 4.65. The first kappa shape index (κ1) is 11.1. The van der Waals surface area contributed by atoms with E-state index in [0.29, 0.717) is 5.69 Å². The number of aromatic carboxylic acids is 1. The van der Waals surface area contributed by atoms with Gasteiger partial charge in [0.1, 0.15) is 0 Å². The van der Waals surface area contributed by atoms with Gasteiger partial charge in [-0.05, 0) is 30.7 Å². The van der Waals surface area contributed by atoms with Crippen LogP contribution in [0.25, 0.3) is 0 Å². The van der Waals surface area contributed by atoms with Gasteiger partial charge < -0.3 is 10.4 Å². The number of hydrogen-bond acceptors (Lipinski definition) is 3. The Hall–Kier alpha value is -2.36. The van der Waals surface area contributed by atoms with Crippen LogP contribution in [-0.2, 0) is 0 Å². The van der Waals surface area contributed by atoms with E-state index >= 15 is 0 Å². The van der Waals surface area contributed by atoms with Gasteiger partial charge in [-0.1, -0.05) is 12.1 Å². The third kappa shape index (κ3) is 2.42. The van der Waals surface area contributed by atoms with E-state index in [1.165, 1.54) is 0 Å². The van der Waals surface area contributed by atoms with E-state index in [9.17, 15) is 4.79 Å². The van der Waals surface area contributed by atoms with Crippen molar-refractivity contribution >= 4 is 17.3 Å².